The average molecular weight is 351 g/mol. The van der Waals surface area contributed by atoms with E-state index < -0.39 is 6.10 Å². The van der Waals surface area contributed by atoms with Gasteiger partial charge in [0.15, 0.2) is 5.78 Å². The highest BCUT2D eigenvalue weighted by atomic mass is 79.9. The van der Waals surface area contributed by atoms with Crippen LogP contribution < -0.4 is 0 Å². The highest BCUT2D eigenvalue weighted by Gasteiger charge is 2.22. The third-order valence-corrected chi connectivity index (χ3v) is 4.37. The summed E-state index contributed by atoms with van der Waals surface area (Å²) in [7, 11) is 0. The Kier molecular flexibility index (Phi) is 5.31. The summed E-state index contributed by atoms with van der Waals surface area (Å²) in [4.78, 5) is 12.3. The quantitative estimate of drug-likeness (QED) is 0.870. The number of aliphatic hydroxyl groups is 1. The lowest BCUT2D eigenvalue weighted by Crippen LogP contribution is -2.17. The molecular weight excluding hydrogens is 332 g/mol. The average Bonchev–Trinajstić information content (AvgIpc) is 2.83. The van der Waals surface area contributed by atoms with Gasteiger partial charge >= 0.3 is 0 Å². The van der Waals surface area contributed by atoms with E-state index in [0.29, 0.717) is 12.1 Å². The number of Topliss-reactive ketones (excluding diaryl/α,β-unsaturated/α-hetero) is 1. The molecule has 0 radical (unpaired) electrons. The second-order valence-electron chi connectivity index (χ2n) is 4.83. The van der Waals surface area contributed by atoms with E-state index in [1.165, 1.54) is 0 Å². The fraction of sp³-hybridized carbons (Fsp3) is 0.375. The first-order valence-electron chi connectivity index (χ1n) is 7.08. The lowest BCUT2D eigenvalue weighted by molar-refractivity contribution is -0.126. The number of aryl methyl sites for hydroxylation is 2. The molecule has 21 heavy (non-hydrogen) atoms. The number of carbonyl (C=O) groups excluding carboxylic acids is 1. The monoisotopic (exact) mass is 350 g/mol. The number of halogens is 1. The molecule has 0 saturated heterocycles. The number of hydrogen-bond donors (Lipinski definition) is 1. The van der Waals surface area contributed by atoms with Crippen LogP contribution >= 0.6 is 15.9 Å². The largest absolute Gasteiger partial charge is 0.381 e. The van der Waals surface area contributed by atoms with Crippen LogP contribution in [0.15, 0.2) is 34.8 Å². The summed E-state index contributed by atoms with van der Waals surface area (Å²) in [5, 5.41) is 14.6. The van der Waals surface area contributed by atoms with Gasteiger partial charge in [0, 0.05) is 6.54 Å². The van der Waals surface area contributed by atoms with Crippen molar-refractivity contribution in [3.8, 4) is 0 Å². The van der Waals surface area contributed by atoms with Crippen LogP contribution in [0.3, 0.4) is 0 Å². The Morgan fingerprint density at radius 3 is 2.57 bits per heavy atom. The normalized spacial score (nSPS) is 12.4. The molecule has 0 aliphatic heterocycles. The minimum Gasteiger partial charge on any atom is -0.381 e. The first kappa shape index (κ1) is 15.9. The van der Waals surface area contributed by atoms with Crippen molar-refractivity contribution < 1.29 is 9.90 Å². The van der Waals surface area contributed by atoms with E-state index in [0.717, 1.165) is 22.3 Å². The molecule has 0 fully saturated rings. The SMILES string of the molecule is CCc1nn(CC)c(CC(=O)C(O)c2ccccc2)c1Br. The van der Waals surface area contributed by atoms with Gasteiger partial charge in [-0.15, -0.1) is 0 Å². The van der Waals surface area contributed by atoms with E-state index in [1.54, 1.807) is 12.1 Å². The maximum atomic E-state index is 12.3. The van der Waals surface area contributed by atoms with Gasteiger partial charge in [-0.25, -0.2) is 0 Å². The van der Waals surface area contributed by atoms with E-state index in [9.17, 15) is 9.90 Å². The van der Waals surface area contributed by atoms with Gasteiger partial charge in [0.2, 0.25) is 0 Å². The first-order valence-corrected chi connectivity index (χ1v) is 7.87. The van der Waals surface area contributed by atoms with Gasteiger partial charge in [0.25, 0.3) is 0 Å². The van der Waals surface area contributed by atoms with E-state index in [1.807, 2.05) is 36.7 Å². The standard InChI is InChI=1S/C16H19BrN2O2/c1-3-12-15(17)13(19(4-2)18-12)10-14(20)16(21)11-8-6-5-7-9-11/h5-9,16,21H,3-4,10H2,1-2H3. The van der Waals surface area contributed by atoms with E-state index in [4.69, 9.17) is 0 Å². The zero-order valence-electron chi connectivity index (χ0n) is 12.2. The van der Waals surface area contributed by atoms with Crippen molar-refractivity contribution >= 4 is 21.7 Å². The molecule has 112 valence electrons. The molecule has 0 amide bonds. The summed E-state index contributed by atoms with van der Waals surface area (Å²) in [6, 6.07) is 9.00. The molecule has 1 heterocycles. The van der Waals surface area contributed by atoms with Crippen LogP contribution in [0.5, 0.6) is 0 Å². The van der Waals surface area contributed by atoms with Crippen molar-refractivity contribution in [2.45, 2.75) is 39.3 Å². The second kappa shape index (κ2) is 7.00. The topological polar surface area (TPSA) is 55.1 Å². The molecule has 1 aromatic carbocycles. The van der Waals surface area contributed by atoms with Crippen LogP contribution in [0.1, 0.15) is 36.9 Å². The fourth-order valence-electron chi connectivity index (χ4n) is 2.27. The lowest BCUT2D eigenvalue weighted by atomic mass is 10.0. The number of aliphatic hydroxyl groups excluding tert-OH is 1. The van der Waals surface area contributed by atoms with Crippen molar-refractivity contribution in [3.63, 3.8) is 0 Å². The minimum absolute atomic E-state index is 0.164. The zero-order chi connectivity index (χ0) is 15.4. The zero-order valence-corrected chi connectivity index (χ0v) is 13.8. The van der Waals surface area contributed by atoms with Gasteiger partial charge in [0.1, 0.15) is 6.10 Å². The number of hydrogen-bond acceptors (Lipinski definition) is 3. The van der Waals surface area contributed by atoms with Gasteiger partial charge in [-0.2, -0.15) is 5.10 Å². The van der Waals surface area contributed by atoms with Gasteiger partial charge in [0.05, 0.1) is 22.3 Å². The maximum absolute atomic E-state index is 12.3. The predicted octanol–water partition coefficient (Wildman–Crippen LogP) is 3.07. The van der Waals surface area contributed by atoms with Gasteiger partial charge in [-0.1, -0.05) is 37.3 Å². The number of benzene rings is 1. The van der Waals surface area contributed by atoms with Crippen molar-refractivity contribution in [2.24, 2.45) is 0 Å². The van der Waals surface area contributed by atoms with Crippen molar-refractivity contribution in [2.75, 3.05) is 0 Å². The van der Waals surface area contributed by atoms with Crippen molar-refractivity contribution in [3.05, 3.63) is 51.8 Å². The third kappa shape index (κ3) is 3.41. The Morgan fingerprint density at radius 2 is 2.00 bits per heavy atom. The second-order valence-corrected chi connectivity index (χ2v) is 5.63. The summed E-state index contributed by atoms with van der Waals surface area (Å²) >= 11 is 3.52. The molecule has 0 aliphatic rings. The number of ketones is 1. The van der Waals surface area contributed by atoms with Crippen LogP contribution in [0.4, 0.5) is 0 Å². The molecule has 2 rings (SSSR count). The van der Waals surface area contributed by atoms with E-state index in [2.05, 4.69) is 21.0 Å². The summed E-state index contributed by atoms with van der Waals surface area (Å²) in [5.74, 6) is -0.223. The smallest absolute Gasteiger partial charge is 0.171 e. The molecule has 1 N–H and O–H groups in total. The summed E-state index contributed by atoms with van der Waals surface area (Å²) in [5.41, 5.74) is 2.39. The van der Waals surface area contributed by atoms with Crippen LogP contribution in [0.25, 0.3) is 0 Å². The highest BCUT2D eigenvalue weighted by Crippen LogP contribution is 2.25. The molecule has 1 aromatic heterocycles. The third-order valence-electron chi connectivity index (χ3n) is 3.46. The Hall–Kier alpha value is -1.46. The summed E-state index contributed by atoms with van der Waals surface area (Å²) < 4.78 is 2.69. The number of rotatable bonds is 6. The molecule has 0 bridgehead atoms. The minimum atomic E-state index is -1.09. The Labute approximate surface area is 132 Å². The molecule has 2 aromatic rings. The fourth-order valence-corrected chi connectivity index (χ4v) is 2.97. The van der Waals surface area contributed by atoms with Gasteiger partial charge in [-0.05, 0) is 34.8 Å². The van der Waals surface area contributed by atoms with Crippen LogP contribution in [0.2, 0.25) is 0 Å². The van der Waals surface area contributed by atoms with E-state index in [-0.39, 0.29) is 12.2 Å². The summed E-state index contributed by atoms with van der Waals surface area (Å²) in [6.45, 7) is 4.71. The Balaban J connectivity index is 2.22. The number of nitrogens with zero attached hydrogens (tertiary/aromatic N) is 2. The lowest BCUT2D eigenvalue weighted by Gasteiger charge is -2.11. The number of carbonyl (C=O) groups is 1. The van der Waals surface area contributed by atoms with Gasteiger partial charge < -0.3 is 5.11 Å². The molecule has 4 nitrogen and oxygen atoms in total. The van der Waals surface area contributed by atoms with Crippen LogP contribution in [0, 0.1) is 0 Å². The van der Waals surface area contributed by atoms with Gasteiger partial charge in [-0.3, -0.25) is 9.48 Å². The molecule has 0 saturated carbocycles. The van der Waals surface area contributed by atoms with Crippen LogP contribution in [-0.2, 0) is 24.2 Å². The molecule has 5 heteroatoms. The van der Waals surface area contributed by atoms with E-state index >= 15 is 0 Å². The molecule has 0 spiro atoms. The molecule has 1 atom stereocenters. The Bertz CT molecular complexity index is 623. The highest BCUT2D eigenvalue weighted by molar-refractivity contribution is 9.10. The first-order chi connectivity index (χ1) is 10.1. The van der Waals surface area contributed by atoms with Crippen molar-refractivity contribution in [1.82, 2.24) is 9.78 Å². The summed E-state index contributed by atoms with van der Waals surface area (Å²) in [6.07, 6.45) is -0.128. The molecule has 0 aliphatic carbocycles. The predicted molar refractivity (Wildman–Crippen MR) is 85.1 cm³/mol. The Morgan fingerprint density at radius 1 is 1.33 bits per heavy atom. The number of aromatic nitrogens is 2. The molecular formula is C16H19BrN2O2. The van der Waals surface area contributed by atoms with Crippen molar-refractivity contribution in [1.29, 1.82) is 0 Å². The molecule has 1 unspecified atom stereocenters. The van der Waals surface area contributed by atoms with Crippen LogP contribution in [-0.4, -0.2) is 20.7 Å². The maximum Gasteiger partial charge on any atom is 0.171 e.